The highest BCUT2D eigenvalue weighted by Crippen LogP contribution is 2.14. The quantitative estimate of drug-likeness (QED) is 0.618. The van der Waals surface area contributed by atoms with Gasteiger partial charge >= 0.3 is 0 Å². The predicted molar refractivity (Wildman–Crippen MR) is 99.6 cm³/mol. The second-order valence-electron chi connectivity index (χ2n) is 5.90. The summed E-state index contributed by atoms with van der Waals surface area (Å²) in [7, 11) is 0. The van der Waals surface area contributed by atoms with E-state index in [2.05, 4.69) is 33.0 Å². The van der Waals surface area contributed by atoms with Crippen molar-refractivity contribution >= 4 is 17.4 Å². The van der Waals surface area contributed by atoms with Crippen LogP contribution in [0, 0.1) is 11.6 Å². The van der Waals surface area contributed by atoms with Gasteiger partial charge in [-0.05, 0) is 42.7 Å². The Balaban J connectivity index is 1.49. The first-order chi connectivity index (χ1) is 13.1. The summed E-state index contributed by atoms with van der Waals surface area (Å²) < 4.78 is 26.1. The highest BCUT2D eigenvalue weighted by molar-refractivity contribution is 6.02. The fourth-order valence-corrected chi connectivity index (χ4v) is 2.47. The number of carbonyl (C=O) groups is 1. The molecule has 0 aliphatic heterocycles. The van der Waals surface area contributed by atoms with Crippen molar-refractivity contribution in [2.24, 2.45) is 0 Å². The number of hydrogen-bond acceptors (Lipinski definition) is 4. The summed E-state index contributed by atoms with van der Waals surface area (Å²) in [6, 6.07) is 16.5. The number of hydrogen-bond donors (Lipinski definition) is 2. The summed E-state index contributed by atoms with van der Waals surface area (Å²) in [6.45, 7) is 0.726. The maximum absolute atomic E-state index is 13.2. The molecule has 0 unspecified atom stereocenters. The molecule has 0 aliphatic rings. The van der Waals surface area contributed by atoms with E-state index in [9.17, 15) is 13.6 Å². The van der Waals surface area contributed by atoms with Gasteiger partial charge in [0, 0.05) is 18.3 Å². The van der Waals surface area contributed by atoms with Gasteiger partial charge < -0.3 is 10.6 Å². The van der Waals surface area contributed by atoms with Gasteiger partial charge in [0.05, 0.1) is 0 Å². The monoisotopic (exact) mass is 368 g/mol. The molecule has 0 radical (unpaired) electrons. The molecule has 2 aromatic carbocycles. The standard InChI is InChI=1S/C20H18F2N4O/c21-16-9-8-15(13-17(16)22)24-20(27)18-10-11-19(26-25-18)23-12-4-7-14-5-2-1-3-6-14/h1-3,5-6,8-11,13H,4,7,12H2,(H,23,26)(H,24,27). The number of aromatic nitrogens is 2. The lowest BCUT2D eigenvalue weighted by molar-refractivity contribution is 0.102. The number of rotatable bonds is 7. The third-order valence-electron chi connectivity index (χ3n) is 3.87. The van der Waals surface area contributed by atoms with Crippen LogP contribution in [0.25, 0.3) is 0 Å². The summed E-state index contributed by atoms with van der Waals surface area (Å²) >= 11 is 0. The summed E-state index contributed by atoms with van der Waals surface area (Å²) in [5.41, 5.74) is 1.49. The Morgan fingerprint density at radius 3 is 2.44 bits per heavy atom. The number of amides is 1. The van der Waals surface area contributed by atoms with Crippen LogP contribution < -0.4 is 10.6 Å². The van der Waals surface area contributed by atoms with E-state index >= 15 is 0 Å². The van der Waals surface area contributed by atoms with Crippen LogP contribution in [0.3, 0.4) is 0 Å². The molecule has 3 aromatic rings. The van der Waals surface area contributed by atoms with Crippen molar-refractivity contribution < 1.29 is 13.6 Å². The summed E-state index contributed by atoms with van der Waals surface area (Å²) in [5, 5.41) is 13.4. The summed E-state index contributed by atoms with van der Waals surface area (Å²) in [4.78, 5) is 12.1. The number of anilines is 2. The SMILES string of the molecule is O=C(Nc1ccc(F)c(F)c1)c1ccc(NCCCc2ccccc2)nn1. The van der Waals surface area contributed by atoms with E-state index in [0.717, 1.165) is 31.5 Å². The first-order valence-electron chi connectivity index (χ1n) is 8.50. The summed E-state index contributed by atoms with van der Waals surface area (Å²) in [5.74, 6) is -2.00. The van der Waals surface area contributed by atoms with Crippen molar-refractivity contribution in [1.29, 1.82) is 0 Å². The van der Waals surface area contributed by atoms with Gasteiger partial charge in [-0.15, -0.1) is 10.2 Å². The minimum Gasteiger partial charge on any atom is -0.369 e. The minimum atomic E-state index is -1.03. The van der Waals surface area contributed by atoms with Gasteiger partial charge in [0.15, 0.2) is 17.3 Å². The maximum atomic E-state index is 13.2. The first-order valence-corrected chi connectivity index (χ1v) is 8.50. The van der Waals surface area contributed by atoms with E-state index in [0.29, 0.717) is 5.82 Å². The zero-order chi connectivity index (χ0) is 19.1. The molecule has 3 rings (SSSR count). The molecule has 2 N–H and O–H groups in total. The smallest absolute Gasteiger partial charge is 0.276 e. The van der Waals surface area contributed by atoms with E-state index in [1.54, 1.807) is 6.07 Å². The van der Waals surface area contributed by atoms with Gasteiger partial charge in [-0.25, -0.2) is 8.78 Å². The molecule has 1 heterocycles. The number of aryl methyl sites for hydroxylation is 1. The maximum Gasteiger partial charge on any atom is 0.276 e. The van der Waals surface area contributed by atoms with Crippen molar-refractivity contribution in [2.45, 2.75) is 12.8 Å². The van der Waals surface area contributed by atoms with Crippen molar-refractivity contribution in [1.82, 2.24) is 10.2 Å². The molecule has 7 heteroatoms. The lowest BCUT2D eigenvalue weighted by atomic mass is 10.1. The lowest BCUT2D eigenvalue weighted by Crippen LogP contribution is -2.15. The van der Waals surface area contributed by atoms with Crippen LogP contribution in [0.15, 0.2) is 60.7 Å². The van der Waals surface area contributed by atoms with Crippen molar-refractivity contribution in [3.8, 4) is 0 Å². The van der Waals surface area contributed by atoms with E-state index in [1.807, 2.05) is 18.2 Å². The molecule has 0 bridgehead atoms. The van der Waals surface area contributed by atoms with E-state index in [4.69, 9.17) is 0 Å². The fraction of sp³-hybridized carbons (Fsp3) is 0.150. The first kappa shape index (κ1) is 18.4. The molecule has 0 saturated heterocycles. The van der Waals surface area contributed by atoms with Gasteiger partial charge in [-0.1, -0.05) is 30.3 Å². The molecule has 1 aromatic heterocycles. The highest BCUT2D eigenvalue weighted by atomic mass is 19.2. The average molecular weight is 368 g/mol. The number of carbonyl (C=O) groups excluding carboxylic acids is 1. The highest BCUT2D eigenvalue weighted by Gasteiger charge is 2.10. The van der Waals surface area contributed by atoms with Crippen molar-refractivity contribution in [2.75, 3.05) is 17.2 Å². The largest absolute Gasteiger partial charge is 0.369 e. The van der Waals surface area contributed by atoms with Crippen LogP contribution in [0.4, 0.5) is 20.3 Å². The minimum absolute atomic E-state index is 0.0783. The van der Waals surface area contributed by atoms with E-state index in [1.165, 1.54) is 17.7 Å². The normalized spacial score (nSPS) is 10.4. The molecular weight excluding hydrogens is 350 g/mol. The average Bonchev–Trinajstić information content (AvgIpc) is 2.69. The Bertz CT molecular complexity index is 902. The van der Waals surface area contributed by atoms with Crippen LogP contribution in [0.5, 0.6) is 0 Å². The second-order valence-corrected chi connectivity index (χ2v) is 5.90. The Morgan fingerprint density at radius 1 is 0.926 bits per heavy atom. The zero-order valence-electron chi connectivity index (χ0n) is 14.5. The Morgan fingerprint density at radius 2 is 1.74 bits per heavy atom. The molecule has 138 valence electrons. The van der Waals surface area contributed by atoms with Gasteiger partial charge in [0.2, 0.25) is 0 Å². The number of benzene rings is 2. The third kappa shape index (κ3) is 5.31. The van der Waals surface area contributed by atoms with Gasteiger partial charge in [-0.3, -0.25) is 4.79 Å². The second kappa shape index (κ2) is 8.84. The van der Waals surface area contributed by atoms with Gasteiger partial charge in [0.25, 0.3) is 5.91 Å². The molecular formula is C20H18F2N4O. The van der Waals surface area contributed by atoms with E-state index in [-0.39, 0.29) is 11.4 Å². The number of halogens is 2. The Labute approximate surface area is 155 Å². The molecule has 5 nitrogen and oxygen atoms in total. The van der Waals surface area contributed by atoms with Crippen LogP contribution in [-0.4, -0.2) is 22.6 Å². The molecule has 0 saturated carbocycles. The molecule has 0 atom stereocenters. The van der Waals surface area contributed by atoms with Gasteiger partial charge in [0.1, 0.15) is 5.82 Å². The molecule has 1 amide bonds. The number of nitrogens with zero attached hydrogens (tertiary/aromatic N) is 2. The topological polar surface area (TPSA) is 66.9 Å². The molecule has 0 fully saturated rings. The Kier molecular flexibility index (Phi) is 6.04. The Hall–Kier alpha value is -3.35. The molecule has 0 aliphatic carbocycles. The molecule has 0 spiro atoms. The summed E-state index contributed by atoms with van der Waals surface area (Å²) in [6.07, 6.45) is 1.89. The van der Waals surface area contributed by atoms with Crippen LogP contribution in [0.1, 0.15) is 22.5 Å². The van der Waals surface area contributed by atoms with Crippen LogP contribution in [0.2, 0.25) is 0 Å². The third-order valence-corrected chi connectivity index (χ3v) is 3.87. The zero-order valence-corrected chi connectivity index (χ0v) is 14.5. The fourth-order valence-electron chi connectivity index (χ4n) is 2.47. The number of nitrogens with one attached hydrogen (secondary N) is 2. The van der Waals surface area contributed by atoms with Gasteiger partial charge in [-0.2, -0.15) is 0 Å². The van der Waals surface area contributed by atoms with E-state index < -0.39 is 17.5 Å². The lowest BCUT2D eigenvalue weighted by Gasteiger charge is -2.07. The molecule has 27 heavy (non-hydrogen) atoms. The van der Waals surface area contributed by atoms with Crippen molar-refractivity contribution in [3.63, 3.8) is 0 Å². The van der Waals surface area contributed by atoms with Crippen LogP contribution in [-0.2, 0) is 6.42 Å². The van der Waals surface area contributed by atoms with Crippen molar-refractivity contribution in [3.05, 3.63) is 83.6 Å². The van der Waals surface area contributed by atoms with Crippen LogP contribution >= 0.6 is 0 Å². The predicted octanol–water partition coefficient (Wildman–Crippen LogP) is 4.05.